The van der Waals surface area contributed by atoms with Crippen LogP contribution in [0.15, 0.2) is 53.3 Å². The van der Waals surface area contributed by atoms with E-state index in [1.54, 1.807) is 0 Å². The summed E-state index contributed by atoms with van der Waals surface area (Å²) in [5.41, 5.74) is 3.09. The highest BCUT2D eigenvalue weighted by Crippen LogP contribution is 2.12. The van der Waals surface area contributed by atoms with E-state index in [-0.39, 0.29) is 24.4 Å². The zero-order valence-corrected chi connectivity index (χ0v) is 14.7. The number of aromatic amines is 2. The molecule has 4 N–H and O–H groups in total. The van der Waals surface area contributed by atoms with Crippen molar-refractivity contribution in [3.63, 3.8) is 0 Å². The molecule has 3 rings (SSSR count). The number of fused-ring (bicyclic) bond motifs is 1. The number of aliphatic carboxylic acids is 1. The van der Waals surface area contributed by atoms with Gasteiger partial charge in [-0.1, -0.05) is 36.4 Å². The molecule has 0 bridgehead atoms. The predicted octanol–water partition coefficient (Wildman–Crippen LogP) is 1.99. The van der Waals surface area contributed by atoms with Gasteiger partial charge in [-0.15, -0.1) is 0 Å². The summed E-state index contributed by atoms with van der Waals surface area (Å²) in [4.78, 5) is 40.2. The molecule has 2 aromatic carbocycles. The van der Waals surface area contributed by atoms with Crippen LogP contribution in [0.1, 0.15) is 24.0 Å². The second-order valence-electron chi connectivity index (χ2n) is 6.46. The smallest absolute Gasteiger partial charge is 0.326 e. The molecule has 7 nitrogen and oxygen atoms in total. The second-order valence-corrected chi connectivity index (χ2v) is 6.46. The molecule has 0 radical (unpaired) electrons. The number of H-pyrrole nitrogens is 2. The van der Waals surface area contributed by atoms with Gasteiger partial charge in [0.05, 0.1) is 11.0 Å². The second kappa shape index (κ2) is 8.35. The first-order chi connectivity index (χ1) is 13.0. The molecule has 0 aliphatic rings. The summed E-state index contributed by atoms with van der Waals surface area (Å²) < 4.78 is 0. The standard InChI is InChI=1S/C20H21N3O4/c24-18(21-17(19(25)26)12-13-5-2-1-3-6-13)8-4-7-14-9-10-15-16(11-14)23-20(27)22-15/h1-3,5-6,9-11,17H,4,7-8,12H2,(H,21,24)(H,25,26)(H2,22,23,27)/t17-/m0/s1. The minimum atomic E-state index is -1.05. The van der Waals surface area contributed by atoms with E-state index in [0.29, 0.717) is 12.8 Å². The Labute approximate surface area is 155 Å². The van der Waals surface area contributed by atoms with Crippen LogP contribution in [-0.4, -0.2) is 33.0 Å². The monoisotopic (exact) mass is 367 g/mol. The van der Waals surface area contributed by atoms with Gasteiger partial charge in [0.1, 0.15) is 6.04 Å². The first kappa shape index (κ1) is 18.4. The Morgan fingerprint density at radius 3 is 2.48 bits per heavy atom. The van der Waals surface area contributed by atoms with Crippen LogP contribution < -0.4 is 11.0 Å². The van der Waals surface area contributed by atoms with Gasteiger partial charge in [-0.2, -0.15) is 0 Å². The van der Waals surface area contributed by atoms with Crippen molar-refractivity contribution in [2.45, 2.75) is 31.7 Å². The van der Waals surface area contributed by atoms with Crippen molar-refractivity contribution in [2.24, 2.45) is 0 Å². The predicted molar refractivity (Wildman–Crippen MR) is 102 cm³/mol. The van der Waals surface area contributed by atoms with Crippen molar-refractivity contribution in [1.82, 2.24) is 15.3 Å². The van der Waals surface area contributed by atoms with Crippen molar-refractivity contribution in [3.05, 3.63) is 70.1 Å². The number of carboxylic acids is 1. The van der Waals surface area contributed by atoms with Crippen molar-refractivity contribution >= 4 is 22.9 Å². The Bertz CT molecular complexity index is 991. The third kappa shape index (κ3) is 5.07. The largest absolute Gasteiger partial charge is 0.480 e. The van der Waals surface area contributed by atoms with E-state index in [1.165, 1.54) is 0 Å². The van der Waals surface area contributed by atoms with E-state index >= 15 is 0 Å². The number of carbonyl (C=O) groups is 2. The number of aromatic nitrogens is 2. The Balaban J connectivity index is 1.51. The van der Waals surface area contributed by atoms with E-state index in [9.17, 15) is 19.5 Å². The quantitative estimate of drug-likeness (QED) is 0.487. The highest BCUT2D eigenvalue weighted by Gasteiger charge is 2.20. The van der Waals surface area contributed by atoms with Crippen molar-refractivity contribution in [2.75, 3.05) is 0 Å². The minimum absolute atomic E-state index is 0.236. The zero-order chi connectivity index (χ0) is 19.2. The topological polar surface area (TPSA) is 115 Å². The molecular weight excluding hydrogens is 346 g/mol. The van der Waals surface area contributed by atoms with E-state index in [2.05, 4.69) is 15.3 Å². The summed E-state index contributed by atoms with van der Waals surface area (Å²) in [6, 6.07) is 13.9. The van der Waals surface area contributed by atoms with E-state index in [0.717, 1.165) is 22.2 Å². The number of carbonyl (C=O) groups excluding carboxylic acids is 1. The van der Waals surface area contributed by atoms with E-state index in [1.807, 2.05) is 48.5 Å². The fraction of sp³-hybridized carbons (Fsp3) is 0.250. The summed E-state index contributed by atoms with van der Waals surface area (Å²) in [6.45, 7) is 0. The van der Waals surface area contributed by atoms with Gasteiger partial charge >= 0.3 is 11.7 Å². The Hall–Kier alpha value is -3.35. The number of imidazole rings is 1. The molecule has 0 unspecified atom stereocenters. The normalized spacial score (nSPS) is 12.0. The van der Waals surface area contributed by atoms with E-state index < -0.39 is 12.0 Å². The van der Waals surface area contributed by atoms with E-state index in [4.69, 9.17) is 0 Å². The average molecular weight is 367 g/mol. The molecule has 0 saturated heterocycles. The van der Waals surface area contributed by atoms with Crippen LogP contribution >= 0.6 is 0 Å². The van der Waals surface area contributed by atoms with Crippen LogP contribution in [0.5, 0.6) is 0 Å². The summed E-state index contributed by atoms with van der Waals surface area (Å²) in [5, 5.41) is 11.9. The lowest BCUT2D eigenvalue weighted by Gasteiger charge is -2.14. The maximum Gasteiger partial charge on any atom is 0.326 e. The Kier molecular flexibility index (Phi) is 5.71. The molecule has 7 heteroatoms. The third-order valence-corrected chi connectivity index (χ3v) is 4.37. The number of amides is 1. The molecule has 1 amide bonds. The minimum Gasteiger partial charge on any atom is -0.480 e. The molecule has 0 aliphatic carbocycles. The van der Waals surface area contributed by atoms with Gasteiger partial charge in [0.15, 0.2) is 0 Å². The van der Waals surface area contributed by atoms with Gasteiger partial charge in [0, 0.05) is 12.8 Å². The number of nitrogens with one attached hydrogen (secondary N) is 3. The van der Waals surface area contributed by atoms with Crippen LogP contribution in [0.3, 0.4) is 0 Å². The number of aryl methyl sites for hydroxylation is 1. The number of hydrogen-bond acceptors (Lipinski definition) is 3. The van der Waals surface area contributed by atoms with Crippen LogP contribution in [0, 0.1) is 0 Å². The summed E-state index contributed by atoms with van der Waals surface area (Å²) in [6.07, 6.45) is 1.73. The maximum atomic E-state index is 12.1. The lowest BCUT2D eigenvalue weighted by Crippen LogP contribution is -2.42. The first-order valence-electron chi connectivity index (χ1n) is 8.78. The van der Waals surface area contributed by atoms with Gasteiger partial charge in [-0.05, 0) is 36.1 Å². The SMILES string of the molecule is O=C(CCCc1ccc2[nH]c(=O)[nH]c2c1)N[C@@H](Cc1ccccc1)C(=O)O. The molecule has 0 fully saturated rings. The molecule has 27 heavy (non-hydrogen) atoms. The summed E-state index contributed by atoms with van der Waals surface area (Å²) >= 11 is 0. The molecule has 3 aromatic rings. The summed E-state index contributed by atoms with van der Waals surface area (Å²) in [7, 11) is 0. The average Bonchev–Trinajstić information content (AvgIpc) is 3.01. The van der Waals surface area contributed by atoms with Crippen LogP contribution in [0.4, 0.5) is 0 Å². The van der Waals surface area contributed by atoms with Crippen LogP contribution in [0.2, 0.25) is 0 Å². The zero-order valence-electron chi connectivity index (χ0n) is 14.7. The molecule has 0 saturated carbocycles. The lowest BCUT2D eigenvalue weighted by molar-refractivity contribution is -0.141. The lowest BCUT2D eigenvalue weighted by atomic mass is 10.0. The maximum absolute atomic E-state index is 12.1. The van der Waals surface area contributed by atoms with Crippen molar-refractivity contribution < 1.29 is 14.7 Å². The van der Waals surface area contributed by atoms with Crippen molar-refractivity contribution in [1.29, 1.82) is 0 Å². The number of hydrogen-bond donors (Lipinski definition) is 4. The number of rotatable bonds is 8. The van der Waals surface area contributed by atoms with Crippen LogP contribution in [0.25, 0.3) is 11.0 Å². The Morgan fingerprint density at radius 1 is 1.00 bits per heavy atom. The van der Waals surface area contributed by atoms with Gasteiger partial charge in [0.25, 0.3) is 0 Å². The van der Waals surface area contributed by atoms with Crippen molar-refractivity contribution in [3.8, 4) is 0 Å². The molecule has 0 aliphatic heterocycles. The summed E-state index contributed by atoms with van der Waals surface area (Å²) in [5.74, 6) is -1.33. The Morgan fingerprint density at radius 2 is 1.74 bits per heavy atom. The molecule has 1 aromatic heterocycles. The molecule has 1 heterocycles. The fourth-order valence-electron chi connectivity index (χ4n) is 3.00. The first-order valence-corrected chi connectivity index (χ1v) is 8.78. The highest BCUT2D eigenvalue weighted by atomic mass is 16.4. The van der Waals surface area contributed by atoms with Gasteiger partial charge in [-0.3, -0.25) is 4.79 Å². The van der Waals surface area contributed by atoms with Gasteiger partial charge < -0.3 is 20.4 Å². The molecule has 0 spiro atoms. The molecule has 1 atom stereocenters. The number of carboxylic acid groups (broad SMARTS) is 1. The molecule has 140 valence electrons. The highest BCUT2D eigenvalue weighted by molar-refractivity contribution is 5.83. The van der Waals surface area contributed by atoms with Crippen LogP contribution in [-0.2, 0) is 22.4 Å². The van der Waals surface area contributed by atoms with Gasteiger partial charge in [0.2, 0.25) is 5.91 Å². The van der Waals surface area contributed by atoms with Gasteiger partial charge in [-0.25, -0.2) is 9.59 Å². The molecular formula is C20H21N3O4. The third-order valence-electron chi connectivity index (χ3n) is 4.37. The number of benzene rings is 2. The fourth-order valence-corrected chi connectivity index (χ4v) is 3.00.